The molecular formula is C16H17FN2O5S2. The molecule has 1 aromatic carbocycles. The minimum Gasteiger partial charge on any atom is -0.456 e. The Morgan fingerprint density at radius 3 is 2.65 bits per heavy atom. The van der Waals surface area contributed by atoms with Crippen LogP contribution in [0.15, 0.2) is 29.2 Å². The Morgan fingerprint density at radius 1 is 1.27 bits per heavy atom. The fourth-order valence-corrected chi connectivity index (χ4v) is 3.54. The number of ether oxygens (including phenoxy) is 1. The summed E-state index contributed by atoms with van der Waals surface area (Å²) in [5.41, 5.74) is 0. The van der Waals surface area contributed by atoms with Crippen molar-refractivity contribution in [2.45, 2.75) is 11.3 Å². The quantitative estimate of drug-likeness (QED) is 0.498. The molecule has 140 valence electrons. The van der Waals surface area contributed by atoms with Crippen LogP contribution in [0.3, 0.4) is 0 Å². The SMILES string of the molecule is O=C(COC(=O)CCSc1ccc(F)cc1)NCCN1C(=O)CSC1=O. The van der Waals surface area contributed by atoms with Crippen LogP contribution >= 0.6 is 23.5 Å². The Labute approximate surface area is 158 Å². The monoisotopic (exact) mass is 400 g/mol. The fourth-order valence-electron chi connectivity index (χ4n) is 1.96. The number of imide groups is 1. The van der Waals surface area contributed by atoms with E-state index in [-0.39, 0.29) is 42.2 Å². The number of amides is 3. The van der Waals surface area contributed by atoms with Gasteiger partial charge in [0.1, 0.15) is 5.82 Å². The van der Waals surface area contributed by atoms with Gasteiger partial charge in [0.15, 0.2) is 6.61 Å². The van der Waals surface area contributed by atoms with Crippen LogP contribution in [0.1, 0.15) is 6.42 Å². The second kappa shape index (κ2) is 10.2. The molecule has 1 aliphatic rings. The van der Waals surface area contributed by atoms with E-state index in [2.05, 4.69) is 5.32 Å². The predicted octanol–water partition coefficient (Wildman–Crippen LogP) is 1.66. The summed E-state index contributed by atoms with van der Waals surface area (Å²) in [6.45, 7) is -0.218. The average molecular weight is 400 g/mol. The number of benzene rings is 1. The summed E-state index contributed by atoms with van der Waals surface area (Å²) >= 11 is 2.31. The molecular weight excluding hydrogens is 383 g/mol. The zero-order valence-corrected chi connectivity index (χ0v) is 15.4. The van der Waals surface area contributed by atoms with Crippen molar-refractivity contribution in [2.24, 2.45) is 0 Å². The van der Waals surface area contributed by atoms with Crippen molar-refractivity contribution in [3.05, 3.63) is 30.1 Å². The van der Waals surface area contributed by atoms with Crippen molar-refractivity contribution in [1.82, 2.24) is 10.2 Å². The fraction of sp³-hybridized carbons (Fsp3) is 0.375. The third kappa shape index (κ3) is 6.68. The van der Waals surface area contributed by atoms with E-state index >= 15 is 0 Å². The molecule has 0 radical (unpaired) electrons. The molecule has 0 aliphatic carbocycles. The highest BCUT2D eigenvalue weighted by Crippen LogP contribution is 2.19. The number of hydrogen-bond donors (Lipinski definition) is 1. The Bertz CT molecular complexity index is 668. The highest BCUT2D eigenvalue weighted by molar-refractivity contribution is 8.14. The van der Waals surface area contributed by atoms with Crippen LogP contribution in [0.25, 0.3) is 0 Å². The highest BCUT2D eigenvalue weighted by atomic mass is 32.2. The molecule has 1 saturated heterocycles. The minimum atomic E-state index is -0.518. The van der Waals surface area contributed by atoms with E-state index in [0.29, 0.717) is 5.75 Å². The Hall–Kier alpha value is -2.07. The molecule has 1 aromatic rings. The lowest BCUT2D eigenvalue weighted by Gasteiger charge is -2.13. The molecule has 0 aromatic heterocycles. The maximum Gasteiger partial charge on any atom is 0.307 e. The van der Waals surface area contributed by atoms with Gasteiger partial charge in [-0.1, -0.05) is 11.8 Å². The van der Waals surface area contributed by atoms with Crippen molar-refractivity contribution in [1.29, 1.82) is 0 Å². The summed E-state index contributed by atoms with van der Waals surface area (Å²) in [5, 5.41) is 2.16. The lowest BCUT2D eigenvalue weighted by atomic mass is 10.4. The Balaban J connectivity index is 1.55. The summed E-state index contributed by atoms with van der Waals surface area (Å²) < 4.78 is 17.6. The molecule has 1 fully saturated rings. The summed E-state index contributed by atoms with van der Waals surface area (Å²) in [7, 11) is 0. The molecule has 1 heterocycles. The number of halogens is 1. The van der Waals surface area contributed by atoms with Gasteiger partial charge in [-0.25, -0.2) is 4.39 Å². The predicted molar refractivity (Wildman–Crippen MR) is 95.3 cm³/mol. The van der Waals surface area contributed by atoms with E-state index in [1.807, 2.05) is 0 Å². The van der Waals surface area contributed by atoms with Crippen LogP contribution in [0.2, 0.25) is 0 Å². The number of hydrogen-bond acceptors (Lipinski definition) is 7. The van der Waals surface area contributed by atoms with Crippen molar-refractivity contribution >= 4 is 46.5 Å². The van der Waals surface area contributed by atoms with Crippen LogP contribution in [0, 0.1) is 5.82 Å². The first-order valence-electron chi connectivity index (χ1n) is 7.73. The molecule has 1 N–H and O–H groups in total. The molecule has 0 atom stereocenters. The van der Waals surface area contributed by atoms with Crippen molar-refractivity contribution in [2.75, 3.05) is 31.2 Å². The number of thioether (sulfide) groups is 2. The number of nitrogens with zero attached hydrogens (tertiary/aromatic N) is 1. The van der Waals surface area contributed by atoms with Crippen molar-refractivity contribution < 1.29 is 28.3 Å². The van der Waals surface area contributed by atoms with E-state index in [4.69, 9.17) is 4.74 Å². The third-order valence-electron chi connectivity index (χ3n) is 3.25. The first-order valence-corrected chi connectivity index (χ1v) is 9.70. The molecule has 0 unspecified atom stereocenters. The van der Waals surface area contributed by atoms with Gasteiger partial charge in [0.25, 0.3) is 11.1 Å². The Morgan fingerprint density at radius 2 is 2.00 bits per heavy atom. The molecule has 3 amide bonds. The van der Waals surface area contributed by atoms with Crippen LogP contribution in [-0.4, -0.2) is 59.1 Å². The zero-order valence-electron chi connectivity index (χ0n) is 13.7. The highest BCUT2D eigenvalue weighted by Gasteiger charge is 2.29. The molecule has 2 rings (SSSR count). The average Bonchev–Trinajstić information content (AvgIpc) is 2.93. The lowest BCUT2D eigenvalue weighted by Crippen LogP contribution is -2.38. The van der Waals surface area contributed by atoms with Crippen molar-refractivity contribution in [3.63, 3.8) is 0 Å². The molecule has 0 bridgehead atoms. The van der Waals surface area contributed by atoms with Gasteiger partial charge < -0.3 is 10.1 Å². The van der Waals surface area contributed by atoms with Gasteiger partial charge in [0.2, 0.25) is 5.91 Å². The van der Waals surface area contributed by atoms with Gasteiger partial charge in [0, 0.05) is 23.7 Å². The largest absolute Gasteiger partial charge is 0.456 e. The maximum absolute atomic E-state index is 12.8. The number of nitrogens with one attached hydrogen (secondary N) is 1. The molecule has 1 aliphatic heterocycles. The number of carbonyl (C=O) groups excluding carboxylic acids is 4. The van der Waals surface area contributed by atoms with Gasteiger partial charge in [-0.3, -0.25) is 24.1 Å². The molecule has 10 heteroatoms. The van der Waals surface area contributed by atoms with E-state index in [1.54, 1.807) is 12.1 Å². The summed E-state index contributed by atoms with van der Waals surface area (Å²) in [6, 6.07) is 5.92. The van der Waals surface area contributed by atoms with Gasteiger partial charge in [-0.15, -0.1) is 11.8 Å². The third-order valence-corrected chi connectivity index (χ3v) is 5.12. The number of rotatable bonds is 9. The maximum atomic E-state index is 12.8. The molecule has 0 spiro atoms. The van der Waals surface area contributed by atoms with Crippen LogP contribution < -0.4 is 5.32 Å². The van der Waals surface area contributed by atoms with Gasteiger partial charge >= 0.3 is 5.97 Å². The normalized spacial score (nSPS) is 13.8. The van der Waals surface area contributed by atoms with Gasteiger partial charge in [-0.2, -0.15) is 0 Å². The van der Waals surface area contributed by atoms with Crippen LogP contribution in [-0.2, 0) is 19.1 Å². The summed E-state index contributed by atoms with van der Waals surface area (Å²) in [4.78, 5) is 47.8. The zero-order chi connectivity index (χ0) is 18.9. The van der Waals surface area contributed by atoms with E-state index in [0.717, 1.165) is 21.6 Å². The summed E-state index contributed by atoms with van der Waals surface area (Å²) in [6.07, 6.45) is 0.114. The topological polar surface area (TPSA) is 92.8 Å². The number of carbonyl (C=O) groups is 4. The molecule has 26 heavy (non-hydrogen) atoms. The van der Waals surface area contributed by atoms with E-state index in [1.165, 1.54) is 23.9 Å². The van der Waals surface area contributed by atoms with Gasteiger partial charge in [-0.05, 0) is 24.3 Å². The first kappa shape index (κ1) is 20.2. The summed E-state index contributed by atoms with van der Waals surface area (Å²) in [5.74, 6) is -1.05. The van der Waals surface area contributed by atoms with Crippen LogP contribution in [0.5, 0.6) is 0 Å². The molecule has 7 nitrogen and oxygen atoms in total. The standard InChI is InChI=1S/C16H17FN2O5S2/c17-11-1-3-12(4-2-11)25-8-5-15(22)24-9-13(20)18-6-7-19-14(21)10-26-16(19)23/h1-4H,5-10H2,(H,18,20). The smallest absolute Gasteiger partial charge is 0.307 e. The van der Waals surface area contributed by atoms with Gasteiger partial charge in [0.05, 0.1) is 12.2 Å². The minimum absolute atomic E-state index is 0.0959. The van der Waals surface area contributed by atoms with Crippen molar-refractivity contribution in [3.8, 4) is 0 Å². The Kier molecular flexibility index (Phi) is 7.92. The second-order valence-electron chi connectivity index (χ2n) is 5.16. The second-order valence-corrected chi connectivity index (χ2v) is 7.26. The van der Waals surface area contributed by atoms with E-state index in [9.17, 15) is 23.6 Å². The van der Waals surface area contributed by atoms with E-state index < -0.39 is 18.5 Å². The lowest BCUT2D eigenvalue weighted by molar-refractivity contribution is -0.148. The first-order chi connectivity index (χ1) is 12.5. The molecule has 0 saturated carbocycles. The van der Waals surface area contributed by atoms with Crippen LogP contribution in [0.4, 0.5) is 9.18 Å². The number of esters is 1.